The normalized spacial score (nSPS) is 15.9. The number of carbonyl (C=O) groups is 1. The lowest BCUT2D eigenvalue weighted by atomic mass is 9.90. The number of alkyl halides is 3. The number of nitrogens with one attached hydrogen (secondary N) is 1. The van der Waals surface area contributed by atoms with E-state index >= 15 is 0 Å². The molecule has 0 spiro atoms. The predicted octanol–water partition coefficient (Wildman–Crippen LogP) is 6.49. The van der Waals surface area contributed by atoms with Crippen molar-refractivity contribution in [2.45, 2.75) is 50.6 Å². The fraction of sp³-hybridized carbons (Fsp3) is 0.333. The molecule has 35 heavy (non-hydrogen) atoms. The van der Waals surface area contributed by atoms with Crippen LogP contribution in [-0.4, -0.2) is 23.3 Å². The lowest BCUT2D eigenvalue weighted by molar-refractivity contribution is -0.0886. The summed E-state index contributed by atoms with van der Waals surface area (Å²) in [7, 11) is 0. The third-order valence-electron chi connectivity index (χ3n) is 6.17. The van der Waals surface area contributed by atoms with Gasteiger partial charge in [0.05, 0.1) is 5.57 Å². The van der Waals surface area contributed by atoms with E-state index in [-0.39, 0.29) is 17.9 Å². The molecule has 1 heterocycles. The second-order valence-corrected chi connectivity index (χ2v) is 8.67. The molecular weight excluding hydrogens is 457 g/mol. The van der Waals surface area contributed by atoms with Gasteiger partial charge in [0.15, 0.2) is 5.58 Å². The zero-order valence-corrected chi connectivity index (χ0v) is 19.2. The first-order valence-corrected chi connectivity index (χ1v) is 11.8. The van der Waals surface area contributed by atoms with Gasteiger partial charge in [-0.3, -0.25) is 0 Å². The fourth-order valence-electron chi connectivity index (χ4n) is 4.26. The molecule has 0 radical (unpaired) electrons. The number of carbonyl (C=O) groups excluding carboxylic acids is 1. The van der Waals surface area contributed by atoms with E-state index in [0.717, 1.165) is 48.8 Å². The molecule has 184 valence electrons. The number of hydrogen-bond acceptors (Lipinski definition) is 3. The second-order valence-electron chi connectivity index (χ2n) is 8.67. The van der Waals surface area contributed by atoms with Gasteiger partial charge in [-0.25, -0.2) is 9.59 Å². The van der Waals surface area contributed by atoms with Crippen molar-refractivity contribution < 1.29 is 22.4 Å². The Morgan fingerprint density at radius 2 is 1.83 bits per heavy atom. The van der Waals surface area contributed by atoms with Crippen LogP contribution in [0.2, 0.25) is 0 Å². The van der Waals surface area contributed by atoms with Crippen LogP contribution in [0.1, 0.15) is 49.1 Å². The van der Waals surface area contributed by atoms with Gasteiger partial charge in [-0.05, 0) is 48.9 Å². The largest absolute Gasteiger partial charge is 0.428 e. The van der Waals surface area contributed by atoms with Crippen LogP contribution in [0.3, 0.4) is 0 Å². The first-order valence-electron chi connectivity index (χ1n) is 11.8. The maximum Gasteiger partial charge on any atom is 0.428 e. The maximum atomic E-state index is 12.9. The van der Waals surface area contributed by atoms with Gasteiger partial charge in [-0.15, -0.1) is 0 Å². The van der Waals surface area contributed by atoms with Crippen LogP contribution in [-0.2, 0) is 6.42 Å². The highest BCUT2D eigenvalue weighted by Gasteiger charge is 2.33. The minimum atomic E-state index is -4.38. The molecule has 8 heteroatoms. The first-order chi connectivity index (χ1) is 16.8. The Morgan fingerprint density at radius 1 is 1.06 bits per heavy atom. The minimum Gasteiger partial charge on any atom is -0.407 e. The van der Waals surface area contributed by atoms with Crippen molar-refractivity contribution in [2.24, 2.45) is 0 Å². The number of hydrogen-bond donors (Lipinski definition) is 1. The van der Waals surface area contributed by atoms with Crippen molar-refractivity contribution in [3.8, 4) is 0 Å². The Balaban J connectivity index is 1.32. The smallest absolute Gasteiger partial charge is 0.407 e. The van der Waals surface area contributed by atoms with Crippen LogP contribution in [0.4, 0.5) is 18.0 Å². The molecule has 1 N–H and O–H groups in total. The van der Waals surface area contributed by atoms with Crippen molar-refractivity contribution in [3.63, 3.8) is 0 Å². The van der Waals surface area contributed by atoms with Gasteiger partial charge in [-0.1, -0.05) is 67.5 Å². The zero-order valence-electron chi connectivity index (χ0n) is 19.2. The quantitative estimate of drug-likeness (QED) is 0.372. The van der Waals surface area contributed by atoms with Gasteiger partial charge in [0.1, 0.15) is 5.52 Å². The van der Waals surface area contributed by atoms with E-state index in [1.807, 2.05) is 18.2 Å². The van der Waals surface area contributed by atoms with Crippen LogP contribution in [0.5, 0.6) is 0 Å². The van der Waals surface area contributed by atoms with E-state index in [1.54, 1.807) is 18.2 Å². The summed E-state index contributed by atoms with van der Waals surface area (Å²) >= 11 is 0. The van der Waals surface area contributed by atoms with E-state index < -0.39 is 23.5 Å². The number of allylic oxidation sites excluding steroid dienone is 4. The number of aromatic nitrogens is 1. The molecule has 0 bridgehead atoms. The van der Waals surface area contributed by atoms with Crippen molar-refractivity contribution in [3.05, 3.63) is 94.0 Å². The maximum absolute atomic E-state index is 12.9. The molecule has 0 saturated carbocycles. The number of rotatable bonds is 8. The van der Waals surface area contributed by atoms with Crippen molar-refractivity contribution in [1.82, 2.24) is 9.88 Å². The van der Waals surface area contributed by atoms with Crippen molar-refractivity contribution in [2.75, 3.05) is 6.54 Å². The number of oxazole rings is 1. The van der Waals surface area contributed by atoms with Crippen LogP contribution in [0, 0.1) is 0 Å². The summed E-state index contributed by atoms with van der Waals surface area (Å²) in [4.78, 5) is 25.0. The Bertz CT molecular complexity index is 1290. The Labute approximate surface area is 200 Å². The molecular formula is C27H27F3N2O3. The van der Waals surface area contributed by atoms with Crippen LogP contribution in [0.25, 0.3) is 11.1 Å². The van der Waals surface area contributed by atoms with Crippen molar-refractivity contribution >= 4 is 17.1 Å². The van der Waals surface area contributed by atoms with Gasteiger partial charge in [0, 0.05) is 12.5 Å². The van der Waals surface area contributed by atoms with Gasteiger partial charge >= 0.3 is 18.0 Å². The molecule has 2 aromatic carbocycles. The van der Waals surface area contributed by atoms with Crippen molar-refractivity contribution in [1.29, 1.82) is 0 Å². The third kappa shape index (κ3) is 6.12. The highest BCUT2D eigenvalue weighted by molar-refractivity contribution is 5.88. The summed E-state index contributed by atoms with van der Waals surface area (Å²) in [6, 6.07) is 14.6. The summed E-state index contributed by atoms with van der Waals surface area (Å²) in [6.07, 6.45) is 4.39. The molecule has 1 aromatic heterocycles. The lowest BCUT2D eigenvalue weighted by Crippen LogP contribution is -2.34. The second kappa shape index (κ2) is 10.8. The highest BCUT2D eigenvalue weighted by atomic mass is 19.4. The Morgan fingerprint density at radius 3 is 2.54 bits per heavy atom. The minimum absolute atomic E-state index is 0.176. The van der Waals surface area contributed by atoms with E-state index in [0.29, 0.717) is 17.6 Å². The average Bonchev–Trinajstić information content (AvgIpc) is 3.18. The van der Waals surface area contributed by atoms with Gasteiger partial charge in [-0.2, -0.15) is 17.7 Å². The predicted molar refractivity (Wildman–Crippen MR) is 129 cm³/mol. The van der Waals surface area contributed by atoms with Gasteiger partial charge in [0.25, 0.3) is 0 Å². The molecule has 1 amide bonds. The number of unbranched alkanes of at least 4 members (excludes halogenated alkanes) is 3. The molecule has 1 atom stereocenters. The van der Waals surface area contributed by atoms with E-state index in [9.17, 15) is 22.8 Å². The fourth-order valence-corrected chi connectivity index (χ4v) is 4.26. The Hall–Kier alpha value is -3.55. The van der Waals surface area contributed by atoms with E-state index in [2.05, 4.69) is 17.4 Å². The third-order valence-corrected chi connectivity index (χ3v) is 6.17. The average molecular weight is 485 g/mol. The molecule has 1 unspecified atom stereocenters. The Kier molecular flexibility index (Phi) is 7.58. The summed E-state index contributed by atoms with van der Waals surface area (Å²) in [6.45, 7) is 0.430. The molecule has 0 saturated heterocycles. The first kappa shape index (κ1) is 24.6. The SMILES string of the molecule is O=C(NCCCCCCc1ccccc1)n1c(=O)oc2ccc(C3C=CC(C(F)(F)F)=CC3)cc21. The zero-order chi connectivity index (χ0) is 24.8. The summed E-state index contributed by atoms with van der Waals surface area (Å²) in [5, 5.41) is 2.76. The van der Waals surface area contributed by atoms with Gasteiger partial charge < -0.3 is 9.73 Å². The van der Waals surface area contributed by atoms with E-state index in [4.69, 9.17) is 4.42 Å². The molecule has 3 aromatic rings. The number of aryl methyl sites for hydroxylation is 1. The number of halogens is 3. The number of nitrogens with zero attached hydrogens (tertiary/aromatic N) is 1. The van der Waals surface area contributed by atoms with E-state index in [1.165, 1.54) is 11.6 Å². The summed E-state index contributed by atoms with van der Waals surface area (Å²) in [5.74, 6) is -1.08. The van der Waals surface area contributed by atoms with Crippen LogP contribution >= 0.6 is 0 Å². The lowest BCUT2D eigenvalue weighted by Gasteiger charge is -2.18. The standard InChI is InChI=1S/C27H27F3N2O3/c28-27(29,30)22-14-11-20(12-15-22)21-13-16-24-23(18-21)32(26(34)35-24)25(33)31-17-7-2-1-4-8-19-9-5-3-6-10-19/h3,5-6,9-11,13-16,18,20H,1-2,4,7-8,12,17H2,(H,31,33). The van der Waals surface area contributed by atoms with Crippen LogP contribution in [0.15, 0.2) is 81.5 Å². The topological polar surface area (TPSA) is 64.2 Å². The highest BCUT2D eigenvalue weighted by Crippen LogP contribution is 2.35. The summed E-state index contributed by atoms with van der Waals surface area (Å²) < 4.78 is 44.7. The number of benzene rings is 2. The monoisotopic (exact) mass is 484 g/mol. The van der Waals surface area contributed by atoms with Crippen LogP contribution < -0.4 is 11.1 Å². The molecule has 1 aliphatic rings. The number of fused-ring (bicyclic) bond motifs is 1. The molecule has 0 fully saturated rings. The molecule has 1 aliphatic carbocycles. The number of amides is 1. The van der Waals surface area contributed by atoms with Gasteiger partial charge in [0.2, 0.25) is 0 Å². The molecule has 0 aliphatic heterocycles. The molecule has 5 nitrogen and oxygen atoms in total. The molecule has 4 rings (SSSR count). The summed E-state index contributed by atoms with van der Waals surface area (Å²) in [5.41, 5.74) is 1.89.